The van der Waals surface area contributed by atoms with Gasteiger partial charge in [0.2, 0.25) is 0 Å². The largest absolute Gasteiger partial charge is 0.368 e. The molecule has 0 saturated heterocycles. The minimum absolute atomic E-state index is 0.857. The van der Waals surface area contributed by atoms with Crippen LogP contribution in [0.3, 0.4) is 0 Å². The molecule has 4 aromatic rings. The molecule has 0 atom stereocenters. The number of hydrogen-bond donors (Lipinski definition) is 2. The molecule has 0 bridgehead atoms. The second-order valence-corrected chi connectivity index (χ2v) is 5.81. The van der Waals surface area contributed by atoms with Gasteiger partial charge >= 0.3 is 0 Å². The van der Waals surface area contributed by atoms with Gasteiger partial charge < -0.3 is 10.3 Å². The summed E-state index contributed by atoms with van der Waals surface area (Å²) in [6, 6.07) is 23.0. The van der Waals surface area contributed by atoms with Gasteiger partial charge in [0.05, 0.1) is 5.52 Å². The van der Waals surface area contributed by atoms with Gasteiger partial charge in [0.25, 0.3) is 0 Å². The predicted octanol–water partition coefficient (Wildman–Crippen LogP) is 4.88. The van der Waals surface area contributed by atoms with E-state index in [1.54, 1.807) is 0 Å². The van der Waals surface area contributed by atoms with Gasteiger partial charge in [0, 0.05) is 29.9 Å². The lowest BCUT2D eigenvalue weighted by Crippen LogP contribution is -2.06. The van der Waals surface area contributed by atoms with Gasteiger partial charge in [-0.25, -0.2) is 4.98 Å². The Balaban J connectivity index is 1.57. The standard InChI is InChI=1S/C21H19N3/c1-3-7-16(8-4-1)11-13-22-21-20-18(12-14-23-21)19(15-24-20)17-9-5-2-6-10-17/h1-10,12,14-15,24H,11,13H2,(H,22,23). The Morgan fingerprint density at radius 1 is 0.875 bits per heavy atom. The lowest BCUT2D eigenvalue weighted by Gasteiger charge is -2.07. The van der Waals surface area contributed by atoms with Crippen molar-refractivity contribution in [1.29, 1.82) is 0 Å². The third kappa shape index (κ3) is 2.88. The van der Waals surface area contributed by atoms with Crippen molar-refractivity contribution in [3.63, 3.8) is 0 Å². The summed E-state index contributed by atoms with van der Waals surface area (Å²) in [6.45, 7) is 0.857. The van der Waals surface area contributed by atoms with Crippen molar-refractivity contribution in [1.82, 2.24) is 9.97 Å². The molecule has 24 heavy (non-hydrogen) atoms. The SMILES string of the molecule is c1ccc(CCNc2nccc3c(-c4ccccc4)c[nH]c23)cc1. The highest BCUT2D eigenvalue weighted by Crippen LogP contribution is 2.30. The van der Waals surface area contributed by atoms with Crippen molar-refractivity contribution >= 4 is 16.7 Å². The van der Waals surface area contributed by atoms with E-state index in [0.717, 1.165) is 24.3 Å². The summed E-state index contributed by atoms with van der Waals surface area (Å²) >= 11 is 0. The average Bonchev–Trinajstić information content (AvgIpc) is 3.08. The summed E-state index contributed by atoms with van der Waals surface area (Å²) in [5.74, 6) is 0.908. The maximum atomic E-state index is 4.50. The molecule has 3 heteroatoms. The normalized spacial score (nSPS) is 10.8. The summed E-state index contributed by atoms with van der Waals surface area (Å²) in [7, 11) is 0. The number of H-pyrrole nitrogens is 1. The van der Waals surface area contributed by atoms with Crippen molar-refractivity contribution in [2.24, 2.45) is 0 Å². The monoisotopic (exact) mass is 313 g/mol. The second-order valence-electron chi connectivity index (χ2n) is 5.81. The van der Waals surface area contributed by atoms with E-state index in [-0.39, 0.29) is 0 Å². The van der Waals surface area contributed by atoms with E-state index in [9.17, 15) is 0 Å². The number of rotatable bonds is 5. The number of aromatic nitrogens is 2. The number of fused-ring (bicyclic) bond motifs is 1. The Kier molecular flexibility index (Phi) is 3.98. The molecule has 0 amide bonds. The van der Waals surface area contributed by atoms with E-state index in [4.69, 9.17) is 0 Å². The summed E-state index contributed by atoms with van der Waals surface area (Å²) in [4.78, 5) is 7.88. The van der Waals surface area contributed by atoms with Crippen molar-refractivity contribution < 1.29 is 0 Å². The van der Waals surface area contributed by atoms with Crippen LogP contribution in [0.4, 0.5) is 5.82 Å². The molecule has 2 aromatic heterocycles. The summed E-state index contributed by atoms with van der Waals surface area (Å²) < 4.78 is 0. The Labute approximate surface area is 141 Å². The first-order chi connectivity index (χ1) is 11.9. The molecule has 0 aliphatic rings. The van der Waals surface area contributed by atoms with Crippen molar-refractivity contribution in [3.05, 3.63) is 84.7 Å². The molecule has 0 radical (unpaired) electrons. The van der Waals surface area contributed by atoms with Crippen LogP contribution in [0.15, 0.2) is 79.1 Å². The topological polar surface area (TPSA) is 40.7 Å². The first kappa shape index (κ1) is 14.5. The maximum Gasteiger partial charge on any atom is 0.150 e. The van der Waals surface area contributed by atoms with Crippen molar-refractivity contribution in [2.45, 2.75) is 6.42 Å². The summed E-state index contributed by atoms with van der Waals surface area (Å²) in [5, 5.41) is 4.65. The molecule has 0 spiro atoms. The van der Waals surface area contributed by atoms with Crippen LogP contribution in [0.5, 0.6) is 0 Å². The lowest BCUT2D eigenvalue weighted by molar-refractivity contribution is 1.01. The Morgan fingerprint density at radius 2 is 1.62 bits per heavy atom. The number of pyridine rings is 1. The first-order valence-electron chi connectivity index (χ1n) is 8.21. The van der Waals surface area contributed by atoms with Gasteiger partial charge in [-0.2, -0.15) is 0 Å². The summed E-state index contributed by atoms with van der Waals surface area (Å²) in [5.41, 5.74) is 4.81. The Hall–Kier alpha value is -3.07. The van der Waals surface area contributed by atoms with Crippen LogP contribution in [0.2, 0.25) is 0 Å². The van der Waals surface area contributed by atoms with E-state index in [1.165, 1.54) is 22.1 Å². The second kappa shape index (κ2) is 6.59. The van der Waals surface area contributed by atoms with Gasteiger partial charge in [-0.3, -0.25) is 0 Å². The fraction of sp³-hybridized carbons (Fsp3) is 0.0952. The van der Waals surface area contributed by atoms with Gasteiger partial charge in [0.15, 0.2) is 0 Å². The number of nitrogens with one attached hydrogen (secondary N) is 2. The Bertz CT molecular complexity index is 927. The minimum atomic E-state index is 0.857. The van der Waals surface area contributed by atoms with Crippen LogP contribution in [-0.4, -0.2) is 16.5 Å². The maximum absolute atomic E-state index is 4.50. The molecule has 0 fully saturated rings. The van der Waals surface area contributed by atoms with Crippen LogP contribution >= 0.6 is 0 Å². The molecular formula is C21H19N3. The van der Waals surface area contributed by atoms with Gasteiger partial charge in [-0.1, -0.05) is 60.7 Å². The molecule has 2 N–H and O–H groups in total. The van der Waals surface area contributed by atoms with Crippen LogP contribution in [0.1, 0.15) is 5.56 Å². The quantitative estimate of drug-likeness (QED) is 0.551. The van der Waals surface area contributed by atoms with Crippen molar-refractivity contribution in [3.8, 4) is 11.1 Å². The molecule has 2 aromatic carbocycles. The highest BCUT2D eigenvalue weighted by Gasteiger charge is 2.09. The number of hydrogen-bond acceptors (Lipinski definition) is 2. The first-order valence-corrected chi connectivity index (χ1v) is 8.21. The molecule has 3 nitrogen and oxygen atoms in total. The number of aromatic amines is 1. The number of anilines is 1. The zero-order valence-corrected chi connectivity index (χ0v) is 13.4. The van der Waals surface area contributed by atoms with E-state index in [1.807, 2.05) is 18.3 Å². The number of nitrogens with zero attached hydrogens (tertiary/aromatic N) is 1. The molecule has 4 rings (SSSR count). The zero-order chi connectivity index (χ0) is 16.2. The lowest BCUT2D eigenvalue weighted by atomic mass is 10.1. The fourth-order valence-corrected chi connectivity index (χ4v) is 3.01. The Morgan fingerprint density at radius 3 is 2.42 bits per heavy atom. The van der Waals surface area contributed by atoms with Gasteiger partial charge in [0.1, 0.15) is 5.82 Å². The third-order valence-corrected chi connectivity index (χ3v) is 4.24. The molecule has 0 aliphatic carbocycles. The smallest absolute Gasteiger partial charge is 0.150 e. The predicted molar refractivity (Wildman–Crippen MR) is 100 cm³/mol. The minimum Gasteiger partial charge on any atom is -0.368 e. The fourth-order valence-electron chi connectivity index (χ4n) is 3.01. The number of benzene rings is 2. The van der Waals surface area contributed by atoms with E-state index in [2.05, 4.69) is 76.1 Å². The molecular weight excluding hydrogens is 294 g/mol. The molecule has 2 heterocycles. The molecule has 118 valence electrons. The van der Waals surface area contributed by atoms with Gasteiger partial charge in [-0.05, 0) is 23.6 Å². The highest BCUT2D eigenvalue weighted by atomic mass is 15.0. The van der Waals surface area contributed by atoms with Crippen molar-refractivity contribution in [2.75, 3.05) is 11.9 Å². The van der Waals surface area contributed by atoms with E-state index in [0.29, 0.717) is 0 Å². The zero-order valence-electron chi connectivity index (χ0n) is 13.4. The molecule has 0 saturated carbocycles. The van der Waals surface area contributed by atoms with Crippen LogP contribution < -0.4 is 5.32 Å². The van der Waals surface area contributed by atoms with Gasteiger partial charge in [-0.15, -0.1) is 0 Å². The summed E-state index contributed by atoms with van der Waals surface area (Å²) in [6.07, 6.45) is 4.91. The third-order valence-electron chi connectivity index (χ3n) is 4.24. The molecule has 0 aliphatic heterocycles. The molecule has 0 unspecified atom stereocenters. The van der Waals surface area contributed by atoms with Crippen LogP contribution in [-0.2, 0) is 6.42 Å². The van der Waals surface area contributed by atoms with E-state index >= 15 is 0 Å². The highest BCUT2D eigenvalue weighted by molar-refractivity contribution is 6.00. The average molecular weight is 313 g/mol. The van der Waals surface area contributed by atoms with E-state index < -0.39 is 0 Å². The van der Waals surface area contributed by atoms with Crippen LogP contribution in [0.25, 0.3) is 22.0 Å². The van der Waals surface area contributed by atoms with Crippen LogP contribution in [0, 0.1) is 0 Å².